The molecule has 4 nitrogen and oxygen atoms in total. The van der Waals surface area contributed by atoms with E-state index >= 15 is 0 Å². The fourth-order valence-corrected chi connectivity index (χ4v) is 3.11. The molecular formula is C15H32ClN3O. The summed E-state index contributed by atoms with van der Waals surface area (Å²) in [6, 6.07) is 0.757. The van der Waals surface area contributed by atoms with E-state index in [9.17, 15) is 4.79 Å². The second-order valence-electron chi connectivity index (χ2n) is 6.49. The van der Waals surface area contributed by atoms with Crippen molar-refractivity contribution in [2.75, 3.05) is 19.6 Å². The smallest absolute Gasteiger partial charge is 0.237 e. The van der Waals surface area contributed by atoms with Gasteiger partial charge in [-0.25, -0.2) is 0 Å². The largest absolute Gasteiger partial charge is 0.337 e. The first-order chi connectivity index (χ1) is 8.82. The van der Waals surface area contributed by atoms with Crippen LogP contribution in [0.25, 0.3) is 0 Å². The minimum absolute atomic E-state index is 0. The van der Waals surface area contributed by atoms with Crippen LogP contribution in [0.2, 0.25) is 0 Å². The molecule has 5 heteroatoms. The molecule has 0 spiro atoms. The standard InChI is InChI=1S/C15H31N3O.ClH/c1-11(2)18(12(3)4)15(19)10-17-8-6-7-14(9-17)13(5)16;/h11-14H,6-10,16H2,1-5H3;1H. The Kier molecular flexibility index (Phi) is 8.71. The highest BCUT2D eigenvalue weighted by molar-refractivity contribution is 5.85. The summed E-state index contributed by atoms with van der Waals surface area (Å²) in [5.41, 5.74) is 5.99. The van der Waals surface area contributed by atoms with Crippen molar-refractivity contribution in [1.82, 2.24) is 9.80 Å². The molecule has 0 radical (unpaired) electrons. The van der Waals surface area contributed by atoms with Crippen LogP contribution in [-0.4, -0.2) is 53.5 Å². The molecule has 0 bridgehead atoms. The lowest BCUT2D eigenvalue weighted by Gasteiger charge is -2.37. The van der Waals surface area contributed by atoms with Gasteiger partial charge in [-0.1, -0.05) is 0 Å². The molecule has 1 amide bonds. The van der Waals surface area contributed by atoms with Gasteiger partial charge in [-0.05, 0) is 59.9 Å². The molecule has 1 rings (SSSR count). The average molecular weight is 306 g/mol. The van der Waals surface area contributed by atoms with Crippen LogP contribution in [0.3, 0.4) is 0 Å². The average Bonchev–Trinajstić information content (AvgIpc) is 2.27. The Bertz CT molecular complexity index is 287. The van der Waals surface area contributed by atoms with Gasteiger partial charge < -0.3 is 10.6 Å². The molecule has 1 heterocycles. The molecule has 1 fully saturated rings. The summed E-state index contributed by atoms with van der Waals surface area (Å²) < 4.78 is 0. The maximum Gasteiger partial charge on any atom is 0.237 e. The molecule has 1 aliphatic rings. The molecule has 0 aromatic heterocycles. The Morgan fingerprint density at radius 2 is 1.80 bits per heavy atom. The molecule has 0 aliphatic carbocycles. The number of piperidine rings is 1. The number of carbonyl (C=O) groups excluding carboxylic acids is 1. The number of hydrogen-bond acceptors (Lipinski definition) is 3. The maximum atomic E-state index is 12.4. The number of nitrogens with two attached hydrogens (primary N) is 1. The minimum atomic E-state index is 0. The van der Waals surface area contributed by atoms with Crippen molar-refractivity contribution in [1.29, 1.82) is 0 Å². The summed E-state index contributed by atoms with van der Waals surface area (Å²) in [6.45, 7) is 12.9. The zero-order valence-corrected chi connectivity index (χ0v) is 14.4. The van der Waals surface area contributed by atoms with Gasteiger partial charge in [-0.3, -0.25) is 9.69 Å². The van der Waals surface area contributed by atoms with Crippen molar-refractivity contribution in [3.63, 3.8) is 0 Å². The van der Waals surface area contributed by atoms with Gasteiger partial charge in [0.15, 0.2) is 0 Å². The van der Waals surface area contributed by atoms with Gasteiger partial charge in [0.1, 0.15) is 0 Å². The quantitative estimate of drug-likeness (QED) is 0.846. The van der Waals surface area contributed by atoms with Crippen LogP contribution in [-0.2, 0) is 4.79 Å². The van der Waals surface area contributed by atoms with Crippen LogP contribution in [0, 0.1) is 5.92 Å². The first kappa shape index (κ1) is 19.7. The molecule has 0 aromatic rings. The second-order valence-corrected chi connectivity index (χ2v) is 6.49. The van der Waals surface area contributed by atoms with Gasteiger partial charge in [0.25, 0.3) is 0 Å². The predicted octanol–water partition coefficient (Wildman–Crippen LogP) is 2.11. The fraction of sp³-hybridized carbons (Fsp3) is 0.933. The van der Waals surface area contributed by atoms with E-state index in [1.165, 1.54) is 6.42 Å². The normalized spacial score (nSPS) is 21.7. The van der Waals surface area contributed by atoms with Gasteiger partial charge in [0.05, 0.1) is 6.54 Å². The molecule has 0 aromatic carbocycles. The molecule has 0 saturated carbocycles. The van der Waals surface area contributed by atoms with Crippen LogP contribution in [0.5, 0.6) is 0 Å². The van der Waals surface area contributed by atoms with Crippen molar-refractivity contribution in [3.05, 3.63) is 0 Å². The lowest BCUT2D eigenvalue weighted by Crippen LogP contribution is -2.50. The Hall–Kier alpha value is -0.320. The molecule has 2 unspecified atom stereocenters. The monoisotopic (exact) mass is 305 g/mol. The third kappa shape index (κ3) is 5.58. The van der Waals surface area contributed by atoms with Crippen molar-refractivity contribution >= 4 is 18.3 Å². The minimum Gasteiger partial charge on any atom is -0.337 e. The molecule has 1 saturated heterocycles. The zero-order chi connectivity index (χ0) is 14.6. The first-order valence-corrected chi connectivity index (χ1v) is 7.62. The van der Waals surface area contributed by atoms with Gasteiger partial charge >= 0.3 is 0 Å². The predicted molar refractivity (Wildman–Crippen MR) is 87.2 cm³/mol. The van der Waals surface area contributed by atoms with E-state index in [0.29, 0.717) is 12.5 Å². The summed E-state index contributed by atoms with van der Waals surface area (Å²) in [6.07, 6.45) is 2.35. The summed E-state index contributed by atoms with van der Waals surface area (Å²) in [5, 5.41) is 0. The fourth-order valence-electron chi connectivity index (χ4n) is 3.11. The Morgan fingerprint density at radius 3 is 2.25 bits per heavy atom. The van der Waals surface area contributed by atoms with Gasteiger partial charge in [-0.15, -0.1) is 12.4 Å². The summed E-state index contributed by atoms with van der Waals surface area (Å²) in [7, 11) is 0. The van der Waals surface area contributed by atoms with E-state index in [4.69, 9.17) is 5.73 Å². The number of amides is 1. The van der Waals surface area contributed by atoms with Crippen LogP contribution < -0.4 is 5.73 Å². The zero-order valence-electron chi connectivity index (χ0n) is 13.6. The van der Waals surface area contributed by atoms with E-state index in [2.05, 4.69) is 39.5 Å². The van der Waals surface area contributed by atoms with Crippen LogP contribution in [0.4, 0.5) is 0 Å². The lowest BCUT2D eigenvalue weighted by molar-refractivity contribution is -0.136. The van der Waals surface area contributed by atoms with Gasteiger partial charge in [0.2, 0.25) is 5.91 Å². The SMILES string of the molecule is CC(N)C1CCCN(CC(=O)N(C(C)C)C(C)C)C1.Cl. The van der Waals surface area contributed by atoms with E-state index in [1.807, 2.05) is 4.90 Å². The van der Waals surface area contributed by atoms with Gasteiger partial charge in [0, 0.05) is 24.7 Å². The number of hydrogen-bond donors (Lipinski definition) is 1. The number of rotatable bonds is 5. The van der Waals surface area contributed by atoms with E-state index in [-0.39, 0.29) is 36.4 Å². The van der Waals surface area contributed by atoms with Crippen LogP contribution >= 0.6 is 12.4 Å². The van der Waals surface area contributed by atoms with Crippen molar-refractivity contribution in [3.8, 4) is 0 Å². The molecule has 2 atom stereocenters. The van der Waals surface area contributed by atoms with Gasteiger partial charge in [-0.2, -0.15) is 0 Å². The first-order valence-electron chi connectivity index (χ1n) is 7.62. The van der Waals surface area contributed by atoms with Crippen molar-refractivity contribution in [2.45, 2.75) is 65.6 Å². The number of carbonyl (C=O) groups is 1. The van der Waals surface area contributed by atoms with E-state index in [0.717, 1.165) is 19.5 Å². The Labute approximate surface area is 130 Å². The molecule has 120 valence electrons. The second kappa shape index (κ2) is 8.85. The number of nitrogens with zero attached hydrogens (tertiary/aromatic N) is 2. The molecule has 2 N–H and O–H groups in total. The highest BCUT2D eigenvalue weighted by atomic mass is 35.5. The van der Waals surface area contributed by atoms with E-state index in [1.54, 1.807) is 0 Å². The van der Waals surface area contributed by atoms with Crippen molar-refractivity contribution in [2.24, 2.45) is 11.7 Å². The van der Waals surface area contributed by atoms with Crippen LogP contribution in [0.15, 0.2) is 0 Å². The highest BCUT2D eigenvalue weighted by Gasteiger charge is 2.27. The maximum absolute atomic E-state index is 12.4. The van der Waals surface area contributed by atoms with E-state index < -0.39 is 0 Å². The molecule has 1 aliphatic heterocycles. The molecule has 20 heavy (non-hydrogen) atoms. The number of likely N-dealkylation sites (tertiary alicyclic amines) is 1. The summed E-state index contributed by atoms with van der Waals surface area (Å²) in [4.78, 5) is 16.7. The Morgan fingerprint density at radius 1 is 1.25 bits per heavy atom. The van der Waals surface area contributed by atoms with Crippen LogP contribution in [0.1, 0.15) is 47.5 Å². The number of halogens is 1. The lowest BCUT2D eigenvalue weighted by atomic mass is 9.92. The summed E-state index contributed by atoms with van der Waals surface area (Å²) in [5.74, 6) is 0.781. The highest BCUT2D eigenvalue weighted by Crippen LogP contribution is 2.19. The third-order valence-electron chi connectivity index (χ3n) is 4.05. The topological polar surface area (TPSA) is 49.6 Å². The van der Waals surface area contributed by atoms with Crippen molar-refractivity contribution < 1.29 is 4.79 Å². The third-order valence-corrected chi connectivity index (χ3v) is 4.05. The summed E-state index contributed by atoms with van der Waals surface area (Å²) >= 11 is 0. The molecular weight excluding hydrogens is 274 g/mol. The Balaban J connectivity index is 0.00000361.